The molecule has 0 bridgehead atoms. The SMILES string of the molecule is Cc1ccc(S(=O)(=O)N2C[C@@H](C(=O)Nc3ccc4c(c3)sc(=O)n4C(C)C)Oc3ccc(C(C)(C)C)cc32)cc1. The monoisotopic (exact) mass is 579 g/mol. The number of fused-ring (bicyclic) bond motifs is 2. The summed E-state index contributed by atoms with van der Waals surface area (Å²) < 4.78 is 37.6. The maximum absolute atomic E-state index is 13.9. The number of sulfonamides is 1. The van der Waals surface area contributed by atoms with Crippen molar-refractivity contribution in [3.8, 4) is 5.75 Å². The van der Waals surface area contributed by atoms with Crippen molar-refractivity contribution in [3.05, 3.63) is 81.5 Å². The zero-order chi connectivity index (χ0) is 29.0. The zero-order valence-corrected chi connectivity index (χ0v) is 25.0. The maximum atomic E-state index is 13.9. The van der Waals surface area contributed by atoms with Gasteiger partial charge in [0.15, 0.2) is 6.10 Å². The van der Waals surface area contributed by atoms with E-state index in [0.717, 1.165) is 32.7 Å². The van der Waals surface area contributed by atoms with Crippen LogP contribution >= 0.6 is 11.3 Å². The van der Waals surface area contributed by atoms with Crippen molar-refractivity contribution in [2.75, 3.05) is 16.2 Å². The van der Waals surface area contributed by atoms with E-state index in [0.29, 0.717) is 17.1 Å². The van der Waals surface area contributed by atoms with Gasteiger partial charge in [0.2, 0.25) is 0 Å². The first-order valence-corrected chi connectivity index (χ1v) is 15.4. The molecule has 0 aliphatic carbocycles. The van der Waals surface area contributed by atoms with E-state index in [1.54, 1.807) is 47.0 Å². The Balaban J connectivity index is 1.50. The van der Waals surface area contributed by atoms with Crippen LogP contribution in [0, 0.1) is 6.92 Å². The first kappa shape index (κ1) is 27.9. The Morgan fingerprint density at radius 2 is 1.75 bits per heavy atom. The van der Waals surface area contributed by atoms with Crippen LogP contribution in [0.25, 0.3) is 10.2 Å². The molecule has 1 N–H and O–H groups in total. The number of benzene rings is 3. The number of hydrogen-bond donors (Lipinski definition) is 1. The molecule has 1 aliphatic heterocycles. The van der Waals surface area contributed by atoms with E-state index in [4.69, 9.17) is 4.74 Å². The summed E-state index contributed by atoms with van der Waals surface area (Å²) >= 11 is 1.12. The molecule has 0 fully saturated rings. The van der Waals surface area contributed by atoms with E-state index in [2.05, 4.69) is 26.1 Å². The van der Waals surface area contributed by atoms with Crippen molar-refractivity contribution < 1.29 is 17.9 Å². The van der Waals surface area contributed by atoms with Crippen molar-refractivity contribution in [1.82, 2.24) is 4.57 Å². The van der Waals surface area contributed by atoms with E-state index in [9.17, 15) is 18.0 Å². The Bertz CT molecular complexity index is 1760. The minimum Gasteiger partial charge on any atom is -0.476 e. The Kier molecular flexibility index (Phi) is 7.04. The van der Waals surface area contributed by atoms with Gasteiger partial charge in [-0.05, 0) is 74.2 Å². The van der Waals surface area contributed by atoms with Crippen LogP contribution in [0.1, 0.15) is 51.8 Å². The van der Waals surface area contributed by atoms with Crippen molar-refractivity contribution in [2.24, 2.45) is 0 Å². The first-order chi connectivity index (χ1) is 18.8. The predicted molar refractivity (Wildman–Crippen MR) is 160 cm³/mol. The summed E-state index contributed by atoms with van der Waals surface area (Å²) in [6.45, 7) is 11.7. The summed E-state index contributed by atoms with van der Waals surface area (Å²) in [6, 6.07) is 17.4. The number of nitrogens with zero attached hydrogens (tertiary/aromatic N) is 2. The van der Waals surface area contributed by atoms with Gasteiger partial charge in [0.25, 0.3) is 15.9 Å². The molecule has 0 radical (unpaired) electrons. The highest BCUT2D eigenvalue weighted by Gasteiger charge is 2.38. The molecule has 1 aliphatic rings. The molecule has 0 saturated carbocycles. The summed E-state index contributed by atoms with van der Waals surface area (Å²) in [5, 5.41) is 2.86. The Hall–Kier alpha value is -3.63. The van der Waals surface area contributed by atoms with Gasteiger partial charge in [-0.25, -0.2) is 8.42 Å². The molecule has 0 spiro atoms. The van der Waals surface area contributed by atoms with Gasteiger partial charge in [0.05, 0.1) is 27.3 Å². The third-order valence-corrected chi connectivity index (χ3v) is 9.71. The number of aryl methyl sites for hydroxylation is 1. The van der Waals surface area contributed by atoms with Crippen molar-refractivity contribution in [1.29, 1.82) is 0 Å². The number of hydrogen-bond acceptors (Lipinski definition) is 6. The number of aromatic nitrogens is 1. The largest absolute Gasteiger partial charge is 0.476 e. The van der Waals surface area contributed by atoms with Gasteiger partial charge in [-0.15, -0.1) is 0 Å². The summed E-state index contributed by atoms with van der Waals surface area (Å²) in [7, 11) is -4.00. The molecule has 0 saturated heterocycles. The van der Waals surface area contributed by atoms with Gasteiger partial charge >= 0.3 is 4.87 Å². The van der Waals surface area contributed by atoms with Crippen LogP contribution in [-0.4, -0.2) is 31.5 Å². The lowest BCUT2D eigenvalue weighted by Gasteiger charge is -2.36. The Morgan fingerprint density at radius 3 is 2.40 bits per heavy atom. The minimum absolute atomic E-state index is 0.0117. The van der Waals surface area contributed by atoms with Crippen LogP contribution in [0.2, 0.25) is 0 Å². The standard InChI is InChI=1S/C30H33N3O5S2/c1-18(2)33-23-13-10-21(16-27(23)39-29(33)35)31-28(34)26-17-32(40(36,37)22-11-7-19(3)8-12-22)24-15-20(30(4,5)6)9-14-25(24)38-26/h7-16,18,26H,17H2,1-6H3,(H,31,34)/t26-/m0/s1. The van der Waals surface area contributed by atoms with E-state index in [1.165, 1.54) is 4.31 Å². The number of thiazole rings is 1. The van der Waals surface area contributed by atoms with Gasteiger partial charge in [-0.3, -0.25) is 18.5 Å². The summed E-state index contributed by atoms with van der Waals surface area (Å²) in [5.41, 5.74) is 3.37. The van der Waals surface area contributed by atoms with E-state index in [-0.39, 0.29) is 27.8 Å². The predicted octanol–water partition coefficient (Wildman–Crippen LogP) is 5.84. The highest BCUT2D eigenvalue weighted by atomic mass is 32.2. The van der Waals surface area contributed by atoms with Gasteiger partial charge in [-0.2, -0.15) is 0 Å². The fraction of sp³-hybridized carbons (Fsp3) is 0.333. The van der Waals surface area contributed by atoms with E-state index in [1.807, 2.05) is 39.0 Å². The quantitative estimate of drug-likeness (QED) is 0.320. The van der Waals surface area contributed by atoms with Gasteiger partial charge < -0.3 is 10.1 Å². The van der Waals surface area contributed by atoms with Crippen LogP contribution in [0.4, 0.5) is 11.4 Å². The highest BCUT2D eigenvalue weighted by molar-refractivity contribution is 7.92. The summed E-state index contributed by atoms with van der Waals surface area (Å²) in [4.78, 5) is 26.0. The van der Waals surface area contributed by atoms with Crippen molar-refractivity contribution in [2.45, 2.75) is 64.0 Å². The van der Waals surface area contributed by atoms with E-state index < -0.39 is 22.0 Å². The molecule has 8 nitrogen and oxygen atoms in total. The average Bonchev–Trinajstić information content (AvgIpc) is 3.22. The Morgan fingerprint density at radius 1 is 1.05 bits per heavy atom. The van der Waals surface area contributed by atoms with Gasteiger partial charge in [0, 0.05) is 11.7 Å². The number of anilines is 2. The summed E-state index contributed by atoms with van der Waals surface area (Å²) in [5.74, 6) is -0.164. The molecule has 10 heteroatoms. The average molecular weight is 580 g/mol. The maximum Gasteiger partial charge on any atom is 0.308 e. The molecule has 2 heterocycles. The Labute approximate surface area is 238 Å². The molecule has 3 aromatic carbocycles. The molecule has 0 unspecified atom stereocenters. The lowest BCUT2D eigenvalue weighted by atomic mass is 9.86. The number of ether oxygens (including phenoxy) is 1. The number of carbonyl (C=O) groups is 1. The normalized spacial score (nSPS) is 15.7. The number of rotatable bonds is 5. The smallest absolute Gasteiger partial charge is 0.308 e. The second kappa shape index (κ2) is 10.1. The van der Waals surface area contributed by atoms with Crippen LogP contribution in [-0.2, 0) is 20.2 Å². The molecule has 5 rings (SSSR count). The van der Waals surface area contributed by atoms with E-state index >= 15 is 0 Å². The molecule has 210 valence electrons. The fourth-order valence-electron chi connectivity index (χ4n) is 4.75. The second-order valence-corrected chi connectivity index (χ2v) is 14.2. The number of carbonyl (C=O) groups excluding carboxylic acids is 1. The fourth-order valence-corrected chi connectivity index (χ4v) is 7.27. The summed E-state index contributed by atoms with van der Waals surface area (Å²) in [6.07, 6.45) is -1.09. The second-order valence-electron chi connectivity index (χ2n) is 11.4. The van der Waals surface area contributed by atoms with Crippen LogP contribution in [0.3, 0.4) is 0 Å². The molecule has 1 atom stereocenters. The topological polar surface area (TPSA) is 97.7 Å². The van der Waals surface area contributed by atoms with Gasteiger partial charge in [-0.1, -0.05) is 55.9 Å². The first-order valence-electron chi connectivity index (χ1n) is 13.1. The number of nitrogens with one attached hydrogen (secondary N) is 1. The molecular formula is C30H33N3O5S2. The third-order valence-electron chi connectivity index (χ3n) is 6.99. The van der Waals surface area contributed by atoms with Crippen LogP contribution < -0.4 is 19.2 Å². The lowest BCUT2D eigenvalue weighted by Crippen LogP contribution is -2.49. The van der Waals surface area contributed by atoms with Crippen LogP contribution in [0.5, 0.6) is 5.75 Å². The number of amides is 1. The van der Waals surface area contributed by atoms with Crippen LogP contribution in [0.15, 0.2) is 70.4 Å². The zero-order valence-electron chi connectivity index (χ0n) is 23.4. The molecule has 1 amide bonds. The highest BCUT2D eigenvalue weighted by Crippen LogP contribution is 2.40. The van der Waals surface area contributed by atoms with Gasteiger partial charge in [0.1, 0.15) is 5.75 Å². The lowest BCUT2D eigenvalue weighted by molar-refractivity contribution is -0.122. The van der Waals surface area contributed by atoms with Crippen molar-refractivity contribution in [3.63, 3.8) is 0 Å². The molecule has 40 heavy (non-hydrogen) atoms. The minimum atomic E-state index is -4.00. The molecule has 1 aromatic heterocycles. The molecule has 4 aromatic rings. The van der Waals surface area contributed by atoms with Crippen molar-refractivity contribution >= 4 is 48.9 Å². The molecular weight excluding hydrogens is 546 g/mol. The third kappa shape index (κ3) is 5.13.